The minimum atomic E-state index is -0.607. The van der Waals surface area contributed by atoms with E-state index in [1.54, 1.807) is 6.07 Å². The van der Waals surface area contributed by atoms with Crippen molar-refractivity contribution in [3.63, 3.8) is 0 Å². The largest absolute Gasteiger partial charge is 0.396 e. The van der Waals surface area contributed by atoms with Crippen LogP contribution in [0.3, 0.4) is 0 Å². The lowest BCUT2D eigenvalue weighted by molar-refractivity contribution is 0.632. The molecule has 2 N–H and O–H groups in total. The van der Waals surface area contributed by atoms with Crippen molar-refractivity contribution in [3.8, 4) is 11.8 Å². The van der Waals surface area contributed by atoms with Crippen molar-refractivity contribution < 1.29 is 4.39 Å². The highest BCUT2D eigenvalue weighted by atomic mass is 35.5. The topological polar surface area (TPSA) is 26.0 Å². The number of halogens is 2. The van der Waals surface area contributed by atoms with Crippen molar-refractivity contribution in [1.82, 2.24) is 0 Å². The molecule has 0 fully saturated rings. The zero-order chi connectivity index (χ0) is 10.6. The summed E-state index contributed by atoms with van der Waals surface area (Å²) in [7, 11) is 0. The molecule has 1 aromatic carbocycles. The maximum absolute atomic E-state index is 13.2. The fourth-order valence-corrected chi connectivity index (χ4v) is 1.21. The molecule has 0 unspecified atom stereocenters. The first-order chi connectivity index (χ1) is 6.66. The van der Waals surface area contributed by atoms with Gasteiger partial charge in [0.1, 0.15) is 0 Å². The molecule has 0 saturated carbocycles. The van der Waals surface area contributed by atoms with Crippen molar-refractivity contribution in [3.05, 3.63) is 28.5 Å². The van der Waals surface area contributed by atoms with Crippen LogP contribution in [0, 0.1) is 17.7 Å². The van der Waals surface area contributed by atoms with Crippen LogP contribution < -0.4 is 5.73 Å². The summed E-state index contributed by atoms with van der Waals surface area (Å²) in [6, 6.07) is 3.05. The average Bonchev–Trinajstić information content (AvgIpc) is 2.18. The van der Waals surface area contributed by atoms with Gasteiger partial charge in [-0.25, -0.2) is 4.39 Å². The van der Waals surface area contributed by atoms with Crippen molar-refractivity contribution in [1.29, 1.82) is 0 Å². The Balaban J connectivity index is 3.02. The fraction of sp³-hybridized carbons (Fsp3) is 0.200. The van der Waals surface area contributed by atoms with Crippen molar-refractivity contribution in [2.45, 2.75) is 6.42 Å². The summed E-state index contributed by atoms with van der Waals surface area (Å²) in [5.41, 5.74) is 5.82. The summed E-state index contributed by atoms with van der Waals surface area (Å²) in [5, 5.41) is -0.0170. The summed E-state index contributed by atoms with van der Waals surface area (Å²) in [5.74, 6) is 5.64. The Morgan fingerprint density at radius 1 is 1.50 bits per heavy atom. The van der Waals surface area contributed by atoms with E-state index in [1.807, 2.05) is 0 Å². The second kappa shape index (κ2) is 5.14. The SMILES string of the molecule is Nc1ccc(C#CCCS)c(Cl)c1F. The maximum Gasteiger partial charge on any atom is 0.165 e. The Morgan fingerprint density at radius 3 is 2.86 bits per heavy atom. The third kappa shape index (κ3) is 2.57. The van der Waals surface area contributed by atoms with Crippen molar-refractivity contribution >= 4 is 29.9 Å². The van der Waals surface area contributed by atoms with Crippen LogP contribution in [0.2, 0.25) is 5.02 Å². The van der Waals surface area contributed by atoms with E-state index < -0.39 is 5.82 Å². The minimum Gasteiger partial charge on any atom is -0.396 e. The molecule has 4 heteroatoms. The third-order valence-corrected chi connectivity index (χ3v) is 2.17. The van der Waals surface area contributed by atoms with E-state index in [1.165, 1.54) is 6.07 Å². The second-order valence-corrected chi connectivity index (χ2v) is 3.43. The normalized spacial score (nSPS) is 9.36. The van der Waals surface area contributed by atoms with E-state index in [-0.39, 0.29) is 10.7 Å². The number of thiol groups is 1. The lowest BCUT2D eigenvalue weighted by atomic mass is 10.2. The van der Waals surface area contributed by atoms with E-state index in [0.29, 0.717) is 17.7 Å². The van der Waals surface area contributed by atoms with Gasteiger partial charge in [0.2, 0.25) is 0 Å². The molecule has 0 saturated heterocycles. The van der Waals surface area contributed by atoms with Crippen molar-refractivity contribution in [2.24, 2.45) is 0 Å². The van der Waals surface area contributed by atoms with E-state index in [2.05, 4.69) is 24.5 Å². The van der Waals surface area contributed by atoms with Crippen LogP contribution in [0.15, 0.2) is 12.1 Å². The Hall–Kier alpha value is -0.850. The molecule has 0 aliphatic heterocycles. The molecule has 1 rings (SSSR count). The molecule has 1 aromatic rings. The Bertz CT molecular complexity index is 395. The smallest absolute Gasteiger partial charge is 0.165 e. The molecule has 0 aromatic heterocycles. The van der Waals surface area contributed by atoms with Gasteiger partial charge in [0.15, 0.2) is 5.82 Å². The molecule has 0 radical (unpaired) electrons. The van der Waals surface area contributed by atoms with E-state index >= 15 is 0 Å². The maximum atomic E-state index is 13.2. The Morgan fingerprint density at radius 2 is 2.21 bits per heavy atom. The van der Waals surface area contributed by atoms with Crippen LogP contribution in [0.5, 0.6) is 0 Å². The first-order valence-corrected chi connectivity index (χ1v) is 5.01. The lowest BCUT2D eigenvalue weighted by Gasteiger charge is -2.00. The summed E-state index contributed by atoms with van der Waals surface area (Å²) in [4.78, 5) is 0. The van der Waals surface area contributed by atoms with E-state index in [0.717, 1.165) is 0 Å². The molecule has 0 atom stereocenters. The molecule has 0 amide bonds. The monoisotopic (exact) mass is 229 g/mol. The van der Waals surface area contributed by atoms with Crippen LogP contribution in [0.25, 0.3) is 0 Å². The standard InChI is InChI=1S/C10H9ClFNS/c11-9-7(3-1-2-6-14)4-5-8(13)10(9)12/h4-5,14H,2,6,13H2. The van der Waals surface area contributed by atoms with Gasteiger partial charge >= 0.3 is 0 Å². The number of nitrogen functional groups attached to an aromatic ring is 1. The molecule has 0 heterocycles. The molecule has 14 heavy (non-hydrogen) atoms. The average molecular weight is 230 g/mol. The summed E-state index contributed by atoms with van der Waals surface area (Å²) < 4.78 is 13.2. The number of hydrogen-bond donors (Lipinski definition) is 2. The number of nitrogens with two attached hydrogens (primary N) is 1. The van der Waals surface area contributed by atoms with Gasteiger partial charge in [-0.05, 0) is 12.1 Å². The van der Waals surface area contributed by atoms with Crippen LogP contribution in [-0.4, -0.2) is 5.75 Å². The molecular formula is C10H9ClFNS. The number of benzene rings is 1. The molecule has 1 nitrogen and oxygen atoms in total. The van der Waals surface area contributed by atoms with Gasteiger partial charge < -0.3 is 5.73 Å². The zero-order valence-corrected chi connectivity index (χ0v) is 9.00. The number of hydrogen-bond acceptors (Lipinski definition) is 2. The van der Waals surface area contributed by atoms with Crippen LogP contribution in [-0.2, 0) is 0 Å². The van der Waals surface area contributed by atoms with Gasteiger partial charge in [0, 0.05) is 17.7 Å². The van der Waals surface area contributed by atoms with Gasteiger partial charge in [-0.15, -0.1) is 0 Å². The first-order valence-electron chi connectivity index (χ1n) is 4.00. The van der Waals surface area contributed by atoms with Gasteiger partial charge in [-0.2, -0.15) is 12.6 Å². The third-order valence-electron chi connectivity index (χ3n) is 1.57. The van der Waals surface area contributed by atoms with Gasteiger partial charge in [0.25, 0.3) is 0 Å². The van der Waals surface area contributed by atoms with Gasteiger partial charge in [-0.1, -0.05) is 23.4 Å². The summed E-state index contributed by atoms with van der Waals surface area (Å²) in [6.45, 7) is 0. The van der Waals surface area contributed by atoms with Crippen LogP contribution in [0.4, 0.5) is 10.1 Å². The predicted molar refractivity (Wildman–Crippen MR) is 61.2 cm³/mol. The lowest BCUT2D eigenvalue weighted by Crippen LogP contribution is -1.92. The van der Waals surface area contributed by atoms with Crippen LogP contribution in [0.1, 0.15) is 12.0 Å². The minimum absolute atomic E-state index is 0.0170. The Kier molecular flexibility index (Phi) is 4.12. The van der Waals surface area contributed by atoms with E-state index in [9.17, 15) is 4.39 Å². The van der Waals surface area contributed by atoms with Crippen molar-refractivity contribution in [2.75, 3.05) is 11.5 Å². The fourth-order valence-electron chi connectivity index (χ4n) is 0.875. The number of anilines is 1. The number of rotatable bonds is 1. The Labute approximate surface area is 92.9 Å². The van der Waals surface area contributed by atoms with Crippen LogP contribution >= 0.6 is 24.2 Å². The van der Waals surface area contributed by atoms with Gasteiger partial charge in [0.05, 0.1) is 10.7 Å². The molecule has 0 spiro atoms. The summed E-state index contributed by atoms with van der Waals surface area (Å²) >= 11 is 9.70. The predicted octanol–water partition coefficient (Wildman–Crippen LogP) is 2.73. The molecule has 0 aliphatic rings. The van der Waals surface area contributed by atoms with E-state index in [4.69, 9.17) is 17.3 Å². The molecule has 0 aliphatic carbocycles. The second-order valence-electron chi connectivity index (χ2n) is 2.61. The molecule has 0 bridgehead atoms. The first kappa shape index (κ1) is 11.2. The molecular weight excluding hydrogens is 221 g/mol. The quantitative estimate of drug-likeness (QED) is 0.432. The highest BCUT2D eigenvalue weighted by Gasteiger charge is 2.07. The van der Waals surface area contributed by atoms with Gasteiger partial charge in [-0.3, -0.25) is 0 Å². The zero-order valence-electron chi connectivity index (χ0n) is 7.35. The molecule has 74 valence electrons. The highest BCUT2D eigenvalue weighted by molar-refractivity contribution is 7.80. The highest BCUT2D eigenvalue weighted by Crippen LogP contribution is 2.23. The summed E-state index contributed by atoms with van der Waals surface area (Å²) in [6.07, 6.45) is 0.644.